The highest BCUT2D eigenvalue weighted by Crippen LogP contribution is 2.31. The normalized spacial score (nSPS) is 16.4. The quantitative estimate of drug-likeness (QED) is 0.384. The van der Waals surface area contributed by atoms with E-state index in [1.807, 2.05) is 30.5 Å². The van der Waals surface area contributed by atoms with Gasteiger partial charge in [0.25, 0.3) is 0 Å². The summed E-state index contributed by atoms with van der Waals surface area (Å²) in [5, 5.41) is 25.1. The third kappa shape index (κ3) is 6.52. The number of aliphatic carboxylic acids is 1. The smallest absolute Gasteiger partial charge is 0.327 e. The number of carbonyl (C=O) groups is 2. The van der Waals surface area contributed by atoms with Crippen molar-refractivity contribution in [2.24, 2.45) is 5.92 Å². The SMILES string of the molecule is CCOC(=O)Cn1nnnc1C(NC(CC(=O)O)C1CCCCC1)c1ccc(SC)cc1. The maximum atomic E-state index is 12.1. The number of hydrogen-bond donors (Lipinski definition) is 2. The van der Waals surface area contributed by atoms with Gasteiger partial charge in [-0.25, -0.2) is 4.68 Å². The van der Waals surface area contributed by atoms with Gasteiger partial charge in [-0.05, 0) is 60.1 Å². The van der Waals surface area contributed by atoms with Crippen LogP contribution in [0, 0.1) is 5.92 Å². The Morgan fingerprint density at radius 2 is 1.97 bits per heavy atom. The number of ether oxygens (including phenoxy) is 1. The molecule has 1 aliphatic rings. The Bertz CT molecular complexity index is 883. The molecule has 32 heavy (non-hydrogen) atoms. The molecular weight excluding hydrogens is 430 g/mol. The Morgan fingerprint density at radius 1 is 1.25 bits per heavy atom. The van der Waals surface area contributed by atoms with Gasteiger partial charge in [0.05, 0.1) is 19.1 Å². The minimum absolute atomic E-state index is 0.0174. The van der Waals surface area contributed by atoms with Gasteiger partial charge in [-0.2, -0.15) is 0 Å². The van der Waals surface area contributed by atoms with Crippen LogP contribution in [0.1, 0.15) is 62.9 Å². The van der Waals surface area contributed by atoms with Gasteiger partial charge in [0.2, 0.25) is 0 Å². The molecule has 0 saturated heterocycles. The first-order valence-electron chi connectivity index (χ1n) is 11.0. The number of aromatic nitrogens is 4. The molecule has 1 aromatic carbocycles. The van der Waals surface area contributed by atoms with Gasteiger partial charge in [0.1, 0.15) is 6.54 Å². The molecule has 1 fully saturated rings. The van der Waals surface area contributed by atoms with Gasteiger partial charge in [0, 0.05) is 10.9 Å². The van der Waals surface area contributed by atoms with Crippen LogP contribution >= 0.6 is 11.8 Å². The molecule has 1 heterocycles. The molecule has 174 valence electrons. The van der Waals surface area contributed by atoms with Crippen molar-refractivity contribution in [2.75, 3.05) is 12.9 Å². The monoisotopic (exact) mass is 461 g/mol. The number of hydrogen-bond acceptors (Lipinski definition) is 8. The highest BCUT2D eigenvalue weighted by Gasteiger charge is 2.31. The maximum Gasteiger partial charge on any atom is 0.327 e. The minimum atomic E-state index is -0.837. The van der Waals surface area contributed by atoms with Crippen LogP contribution in [0.15, 0.2) is 29.2 Å². The first-order chi connectivity index (χ1) is 15.5. The molecule has 9 nitrogen and oxygen atoms in total. The van der Waals surface area contributed by atoms with Gasteiger partial charge >= 0.3 is 11.9 Å². The van der Waals surface area contributed by atoms with Crippen molar-refractivity contribution in [1.29, 1.82) is 0 Å². The highest BCUT2D eigenvalue weighted by atomic mass is 32.2. The second-order valence-corrected chi connectivity index (χ2v) is 8.85. The molecule has 2 N–H and O–H groups in total. The first-order valence-corrected chi connectivity index (χ1v) is 12.3. The Hall–Kier alpha value is -2.46. The van der Waals surface area contributed by atoms with Crippen LogP contribution in [0.4, 0.5) is 0 Å². The molecule has 1 saturated carbocycles. The number of nitrogens with one attached hydrogen (secondary N) is 1. The lowest BCUT2D eigenvalue weighted by Crippen LogP contribution is -2.42. The summed E-state index contributed by atoms with van der Waals surface area (Å²) in [6.45, 7) is 1.91. The summed E-state index contributed by atoms with van der Waals surface area (Å²) in [5.41, 5.74) is 0.911. The van der Waals surface area contributed by atoms with E-state index in [1.54, 1.807) is 18.7 Å². The Kier molecular flexibility index (Phi) is 9.04. The minimum Gasteiger partial charge on any atom is -0.481 e. The fourth-order valence-corrected chi connectivity index (χ4v) is 4.68. The molecular formula is C22H31N5O4S. The predicted octanol–water partition coefficient (Wildman–Crippen LogP) is 3.06. The fourth-order valence-electron chi connectivity index (χ4n) is 4.28. The van der Waals surface area contributed by atoms with Crippen molar-refractivity contribution in [1.82, 2.24) is 25.5 Å². The average Bonchev–Trinajstić information content (AvgIpc) is 3.25. The molecule has 1 aromatic heterocycles. The van der Waals surface area contributed by atoms with Crippen molar-refractivity contribution in [3.8, 4) is 0 Å². The van der Waals surface area contributed by atoms with Crippen molar-refractivity contribution in [3.05, 3.63) is 35.7 Å². The Morgan fingerprint density at radius 3 is 2.59 bits per heavy atom. The molecule has 0 bridgehead atoms. The van der Waals surface area contributed by atoms with Crippen LogP contribution in [-0.2, 0) is 20.9 Å². The van der Waals surface area contributed by atoms with E-state index in [2.05, 4.69) is 20.8 Å². The van der Waals surface area contributed by atoms with Crippen LogP contribution in [-0.4, -0.2) is 56.2 Å². The van der Waals surface area contributed by atoms with Crippen molar-refractivity contribution >= 4 is 23.7 Å². The molecule has 10 heteroatoms. The van der Waals surface area contributed by atoms with Crippen LogP contribution < -0.4 is 5.32 Å². The molecule has 0 aliphatic heterocycles. The Labute approximate surface area is 192 Å². The molecule has 0 radical (unpaired) electrons. The molecule has 1 aliphatic carbocycles. The second-order valence-electron chi connectivity index (χ2n) is 7.98. The van der Waals surface area contributed by atoms with E-state index >= 15 is 0 Å². The number of rotatable bonds is 11. The predicted molar refractivity (Wildman–Crippen MR) is 120 cm³/mol. The summed E-state index contributed by atoms with van der Waals surface area (Å²) in [4.78, 5) is 24.9. The van der Waals surface area contributed by atoms with Crippen molar-refractivity contribution < 1.29 is 19.4 Å². The van der Waals surface area contributed by atoms with Gasteiger partial charge in [-0.3, -0.25) is 14.9 Å². The van der Waals surface area contributed by atoms with Crippen LogP contribution in [0.5, 0.6) is 0 Å². The maximum absolute atomic E-state index is 12.1. The second kappa shape index (κ2) is 12.0. The van der Waals surface area contributed by atoms with E-state index in [0.717, 1.165) is 36.1 Å². The highest BCUT2D eigenvalue weighted by molar-refractivity contribution is 7.98. The zero-order chi connectivity index (χ0) is 22.9. The lowest BCUT2D eigenvalue weighted by atomic mass is 9.82. The van der Waals surface area contributed by atoms with Gasteiger partial charge in [0.15, 0.2) is 5.82 Å². The van der Waals surface area contributed by atoms with E-state index in [1.165, 1.54) is 11.1 Å². The van der Waals surface area contributed by atoms with Crippen molar-refractivity contribution in [3.63, 3.8) is 0 Å². The molecule has 2 atom stereocenters. The summed E-state index contributed by atoms with van der Waals surface area (Å²) in [6.07, 6.45) is 7.42. The lowest BCUT2D eigenvalue weighted by Gasteiger charge is -2.33. The molecule has 0 spiro atoms. The van der Waals surface area contributed by atoms with Crippen LogP contribution in [0.25, 0.3) is 0 Å². The summed E-state index contributed by atoms with van der Waals surface area (Å²) in [5.74, 6) is -0.536. The van der Waals surface area contributed by atoms with Crippen molar-refractivity contribution in [2.45, 2.75) is 69.0 Å². The van der Waals surface area contributed by atoms with Crippen LogP contribution in [0.2, 0.25) is 0 Å². The number of thioether (sulfide) groups is 1. The van der Waals surface area contributed by atoms with E-state index in [0.29, 0.717) is 5.82 Å². The molecule has 0 amide bonds. The number of carbonyl (C=O) groups excluding carboxylic acids is 1. The topological polar surface area (TPSA) is 119 Å². The fraction of sp³-hybridized carbons (Fsp3) is 0.591. The van der Waals surface area contributed by atoms with E-state index in [9.17, 15) is 14.7 Å². The Balaban J connectivity index is 1.94. The molecule has 2 unspecified atom stereocenters. The molecule has 2 aromatic rings. The zero-order valence-electron chi connectivity index (χ0n) is 18.6. The van der Waals surface area contributed by atoms with Gasteiger partial charge in [-0.15, -0.1) is 16.9 Å². The van der Waals surface area contributed by atoms with Gasteiger partial charge < -0.3 is 9.84 Å². The number of carboxylic acid groups (broad SMARTS) is 1. The van der Waals surface area contributed by atoms with Gasteiger partial charge in [-0.1, -0.05) is 31.4 Å². The van der Waals surface area contributed by atoms with E-state index < -0.39 is 18.0 Å². The largest absolute Gasteiger partial charge is 0.481 e. The third-order valence-corrected chi connectivity index (χ3v) is 6.59. The summed E-state index contributed by atoms with van der Waals surface area (Å²) < 4.78 is 6.49. The number of carboxylic acids is 1. The summed E-state index contributed by atoms with van der Waals surface area (Å²) in [7, 11) is 0. The van der Waals surface area contributed by atoms with E-state index in [4.69, 9.17) is 4.74 Å². The third-order valence-electron chi connectivity index (χ3n) is 5.85. The number of tetrazole rings is 1. The lowest BCUT2D eigenvalue weighted by molar-refractivity contribution is -0.144. The van der Waals surface area contributed by atoms with Crippen LogP contribution in [0.3, 0.4) is 0 Å². The number of nitrogens with zero attached hydrogens (tertiary/aromatic N) is 4. The first kappa shape index (κ1) is 24.2. The summed E-state index contributed by atoms with van der Waals surface area (Å²) >= 11 is 1.64. The zero-order valence-corrected chi connectivity index (χ0v) is 19.4. The molecule has 3 rings (SSSR count). The standard InChI is InChI=1S/C22H31N5O4S/c1-3-31-20(30)14-27-22(24-25-26-27)21(16-9-11-17(32-2)12-10-16)23-18(13-19(28)29)15-7-5-4-6-8-15/h9-12,15,18,21,23H,3-8,13-14H2,1-2H3,(H,28,29). The number of benzene rings is 1. The van der Waals surface area contributed by atoms with E-state index in [-0.39, 0.29) is 31.5 Å². The average molecular weight is 462 g/mol. The number of esters is 1. The summed E-state index contributed by atoms with van der Waals surface area (Å²) in [6, 6.07) is 7.33.